The van der Waals surface area contributed by atoms with Gasteiger partial charge >= 0.3 is 11.9 Å². The second-order valence-electron chi connectivity index (χ2n) is 4.61. The fourth-order valence-corrected chi connectivity index (χ4v) is 2.25. The molecule has 23 heavy (non-hydrogen) atoms. The number of rotatable bonds is 9. The van der Waals surface area contributed by atoms with Gasteiger partial charge in [0, 0.05) is 22.9 Å². The molecule has 1 rings (SSSR count). The Morgan fingerprint density at radius 1 is 1.09 bits per heavy atom. The molecule has 7 nitrogen and oxygen atoms in total. The third-order valence-electron chi connectivity index (χ3n) is 2.71. The van der Waals surface area contributed by atoms with Gasteiger partial charge in [-0.3, -0.25) is 14.1 Å². The molecule has 0 aromatic heterocycles. The molecule has 0 radical (unpaired) electrons. The van der Waals surface area contributed by atoms with Crippen LogP contribution < -0.4 is 0 Å². The molecule has 0 spiro atoms. The van der Waals surface area contributed by atoms with Crippen LogP contribution in [0.3, 0.4) is 0 Å². The van der Waals surface area contributed by atoms with Crippen molar-refractivity contribution in [2.75, 3.05) is 12.4 Å². The first-order chi connectivity index (χ1) is 10.8. The van der Waals surface area contributed by atoms with Crippen LogP contribution >= 0.6 is 15.9 Å². The van der Waals surface area contributed by atoms with Crippen LogP contribution in [0.2, 0.25) is 0 Å². The van der Waals surface area contributed by atoms with Crippen LogP contribution in [0.25, 0.3) is 0 Å². The fraction of sp³-hybridized carbons (Fsp3) is 0.429. The Labute approximate surface area is 142 Å². The summed E-state index contributed by atoms with van der Waals surface area (Å²) in [7, 11) is -4.15. The lowest BCUT2D eigenvalue weighted by molar-refractivity contribution is -0.146. The number of ether oxygens (including phenoxy) is 2. The summed E-state index contributed by atoms with van der Waals surface area (Å²) >= 11 is 3.34. The van der Waals surface area contributed by atoms with E-state index in [2.05, 4.69) is 20.7 Å². The third kappa shape index (κ3) is 9.32. The number of hydrogen-bond donors (Lipinski definition) is 1. The summed E-state index contributed by atoms with van der Waals surface area (Å²) in [6, 6.07) is 7.34. The van der Waals surface area contributed by atoms with Gasteiger partial charge in [-0.25, -0.2) is 0 Å². The van der Waals surface area contributed by atoms with E-state index in [9.17, 15) is 18.0 Å². The van der Waals surface area contributed by atoms with E-state index in [0.29, 0.717) is 0 Å². The van der Waals surface area contributed by atoms with Crippen molar-refractivity contribution in [1.82, 2.24) is 0 Å². The van der Waals surface area contributed by atoms with Gasteiger partial charge in [-0.05, 0) is 12.5 Å². The maximum absolute atomic E-state index is 11.6. The Hall–Kier alpha value is -1.45. The molecule has 0 aliphatic heterocycles. The summed E-state index contributed by atoms with van der Waals surface area (Å²) in [4.78, 5) is 22.8. The highest BCUT2D eigenvalue weighted by molar-refractivity contribution is 9.10. The van der Waals surface area contributed by atoms with Gasteiger partial charge in [-0.15, -0.1) is 0 Å². The summed E-state index contributed by atoms with van der Waals surface area (Å²) in [5.74, 6) is -1.72. The average Bonchev–Trinajstić information content (AvgIpc) is 2.45. The first-order valence-electron chi connectivity index (χ1n) is 6.78. The molecular formula is C14H17BrO7S. The zero-order valence-corrected chi connectivity index (χ0v) is 14.6. The molecule has 0 aliphatic rings. The molecule has 9 heteroatoms. The summed E-state index contributed by atoms with van der Waals surface area (Å²) < 4.78 is 39.9. The lowest BCUT2D eigenvalue weighted by atomic mass is 10.2. The Morgan fingerprint density at radius 3 is 2.30 bits per heavy atom. The van der Waals surface area contributed by atoms with Gasteiger partial charge in [0.15, 0.2) is 0 Å². The molecular weight excluding hydrogens is 392 g/mol. The summed E-state index contributed by atoms with van der Waals surface area (Å²) in [6.07, 6.45) is 0.257. The fourth-order valence-electron chi connectivity index (χ4n) is 1.56. The van der Waals surface area contributed by atoms with Crippen LogP contribution in [0, 0.1) is 0 Å². The minimum Gasteiger partial charge on any atom is -0.464 e. The predicted octanol–water partition coefficient (Wildman–Crippen LogP) is 2.09. The first-order valence-corrected chi connectivity index (χ1v) is 9.18. The Morgan fingerprint density at radius 2 is 1.70 bits per heavy atom. The monoisotopic (exact) mass is 408 g/mol. The minimum atomic E-state index is -4.15. The number of halogens is 1. The van der Waals surface area contributed by atoms with Crippen molar-refractivity contribution < 1.29 is 32.0 Å². The highest BCUT2D eigenvalue weighted by Crippen LogP contribution is 2.17. The molecule has 0 unspecified atom stereocenters. The highest BCUT2D eigenvalue weighted by atomic mass is 79.9. The van der Waals surface area contributed by atoms with Crippen molar-refractivity contribution in [3.63, 3.8) is 0 Å². The largest absolute Gasteiger partial charge is 0.464 e. The average molecular weight is 409 g/mol. The molecule has 1 aromatic carbocycles. The normalized spacial score (nSPS) is 11.0. The lowest BCUT2D eigenvalue weighted by Gasteiger charge is -2.07. The maximum atomic E-state index is 11.6. The molecule has 0 aliphatic carbocycles. The van der Waals surface area contributed by atoms with E-state index in [1.165, 1.54) is 0 Å². The standard InChI is InChI=1S/C14H17BrO7S/c15-12-5-2-1-4-11(12)10-22-14(17)7-3-6-13(16)21-8-9-23(18,19)20/h1-2,4-5H,3,6-10H2,(H,18,19,20). The van der Waals surface area contributed by atoms with Gasteiger partial charge in [-0.2, -0.15) is 8.42 Å². The van der Waals surface area contributed by atoms with Crippen LogP contribution in [-0.4, -0.2) is 37.3 Å². The number of esters is 2. The topological polar surface area (TPSA) is 107 Å². The second kappa shape index (κ2) is 9.64. The minimum absolute atomic E-state index is 0.0321. The van der Waals surface area contributed by atoms with E-state index >= 15 is 0 Å². The zero-order valence-electron chi connectivity index (χ0n) is 12.2. The quantitative estimate of drug-likeness (QED) is 0.492. The van der Waals surface area contributed by atoms with E-state index in [1.807, 2.05) is 24.3 Å². The summed E-state index contributed by atoms with van der Waals surface area (Å²) in [5, 5.41) is 0. The first kappa shape index (κ1) is 19.6. The van der Waals surface area contributed by atoms with E-state index < -0.39 is 34.4 Å². The van der Waals surface area contributed by atoms with Gasteiger partial charge in [0.1, 0.15) is 19.0 Å². The van der Waals surface area contributed by atoms with Gasteiger partial charge in [0.25, 0.3) is 10.1 Å². The van der Waals surface area contributed by atoms with E-state index in [4.69, 9.17) is 9.29 Å². The Bertz CT molecular complexity index is 642. The van der Waals surface area contributed by atoms with Crippen molar-refractivity contribution in [2.24, 2.45) is 0 Å². The van der Waals surface area contributed by atoms with Gasteiger partial charge in [0.05, 0.1) is 0 Å². The summed E-state index contributed by atoms with van der Waals surface area (Å²) in [6.45, 7) is -0.275. The van der Waals surface area contributed by atoms with Crippen LogP contribution in [0.1, 0.15) is 24.8 Å². The molecule has 0 amide bonds. The molecule has 0 fully saturated rings. The lowest BCUT2D eigenvalue weighted by Crippen LogP contribution is -2.15. The number of carbonyl (C=O) groups is 2. The molecule has 0 atom stereocenters. The number of carbonyl (C=O) groups excluding carboxylic acids is 2. The third-order valence-corrected chi connectivity index (χ3v) is 4.17. The molecule has 1 aromatic rings. The highest BCUT2D eigenvalue weighted by Gasteiger charge is 2.10. The molecule has 0 heterocycles. The SMILES string of the molecule is O=C(CCCC(=O)OCc1ccccc1Br)OCCS(=O)(=O)O. The summed E-state index contributed by atoms with van der Waals surface area (Å²) in [5.41, 5.74) is 0.838. The number of benzene rings is 1. The second-order valence-corrected chi connectivity index (χ2v) is 7.04. The van der Waals surface area contributed by atoms with Gasteiger partial charge in [-0.1, -0.05) is 34.1 Å². The molecule has 128 valence electrons. The number of hydrogen-bond acceptors (Lipinski definition) is 6. The molecule has 0 saturated carbocycles. The van der Waals surface area contributed by atoms with Crippen molar-refractivity contribution in [2.45, 2.75) is 25.9 Å². The zero-order chi connectivity index (χ0) is 17.3. The van der Waals surface area contributed by atoms with Crippen LogP contribution in [0.4, 0.5) is 0 Å². The van der Waals surface area contributed by atoms with Crippen LogP contribution in [0.5, 0.6) is 0 Å². The molecule has 1 N–H and O–H groups in total. The molecule has 0 saturated heterocycles. The van der Waals surface area contributed by atoms with Gasteiger partial charge in [0.2, 0.25) is 0 Å². The van der Waals surface area contributed by atoms with Crippen LogP contribution in [-0.2, 0) is 35.8 Å². The predicted molar refractivity (Wildman–Crippen MR) is 85.2 cm³/mol. The van der Waals surface area contributed by atoms with E-state index in [1.54, 1.807) is 0 Å². The van der Waals surface area contributed by atoms with Crippen molar-refractivity contribution in [1.29, 1.82) is 0 Å². The maximum Gasteiger partial charge on any atom is 0.306 e. The van der Waals surface area contributed by atoms with Crippen molar-refractivity contribution in [3.05, 3.63) is 34.3 Å². The smallest absolute Gasteiger partial charge is 0.306 e. The Balaban J connectivity index is 2.16. The Kier molecular flexibility index (Phi) is 8.21. The molecule has 0 bridgehead atoms. The van der Waals surface area contributed by atoms with E-state index in [-0.39, 0.29) is 25.9 Å². The van der Waals surface area contributed by atoms with Crippen molar-refractivity contribution >= 4 is 38.0 Å². The van der Waals surface area contributed by atoms with Gasteiger partial charge < -0.3 is 9.47 Å². The van der Waals surface area contributed by atoms with E-state index in [0.717, 1.165) is 10.0 Å². The van der Waals surface area contributed by atoms with Crippen molar-refractivity contribution in [3.8, 4) is 0 Å². The van der Waals surface area contributed by atoms with Crippen LogP contribution in [0.15, 0.2) is 28.7 Å².